The molecular formula is C21H15N3O3. The SMILES string of the molecule is O=C1C(=O)N(c2ccccc2)C(c2cccnc2)/C1=C(/O)c1ccncc1. The van der Waals surface area contributed by atoms with E-state index in [1.807, 2.05) is 6.07 Å². The van der Waals surface area contributed by atoms with Gasteiger partial charge in [0, 0.05) is 36.0 Å². The van der Waals surface area contributed by atoms with E-state index in [9.17, 15) is 14.7 Å². The van der Waals surface area contributed by atoms with Crippen LogP contribution in [-0.4, -0.2) is 26.8 Å². The van der Waals surface area contributed by atoms with Gasteiger partial charge < -0.3 is 5.11 Å². The van der Waals surface area contributed by atoms with Crippen LogP contribution in [0.4, 0.5) is 5.69 Å². The van der Waals surface area contributed by atoms with E-state index in [0.29, 0.717) is 16.8 Å². The third-order valence-corrected chi connectivity index (χ3v) is 4.43. The number of hydrogen-bond donors (Lipinski definition) is 1. The molecule has 1 aliphatic rings. The lowest BCUT2D eigenvalue weighted by molar-refractivity contribution is -0.132. The molecule has 2 aromatic heterocycles. The van der Waals surface area contributed by atoms with Crippen LogP contribution in [0, 0.1) is 0 Å². The number of benzene rings is 1. The second-order valence-corrected chi connectivity index (χ2v) is 6.03. The maximum Gasteiger partial charge on any atom is 0.300 e. The lowest BCUT2D eigenvalue weighted by atomic mass is 9.96. The molecule has 0 spiro atoms. The van der Waals surface area contributed by atoms with Gasteiger partial charge >= 0.3 is 0 Å². The largest absolute Gasteiger partial charge is 0.507 e. The van der Waals surface area contributed by atoms with Gasteiger partial charge in [-0.1, -0.05) is 24.3 Å². The molecule has 1 aromatic carbocycles. The highest BCUT2D eigenvalue weighted by molar-refractivity contribution is 6.51. The Labute approximate surface area is 155 Å². The van der Waals surface area contributed by atoms with Crippen molar-refractivity contribution in [2.75, 3.05) is 4.90 Å². The van der Waals surface area contributed by atoms with Crippen LogP contribution in [0.1, 0.15) is 17.2 Å². The Balaban J connectivity index is 1.95. The van der Waals surface area contributed by atoms with Gasteiger partial charge in [-0.05, 0) is 35.9 Å². The van der Waals surface area contributed by atoms with Crippen molar-refractivity contribution in [1.29, 1.82) is 0 Å². The van der Waals surface area contributed by atoms with E-state index < -0.39 is 17.7 Å². The summed E-state index contributed by atoms with van der Waals surface area (Å²) in [6, 6.07) is 14.8. The lowest BCUT2D eigenvalue weighted by Gasteiger charge is -2.25. The molecule has 3 aromatic rings. The monoisotopic (exact) mass is 357 g/mol. The molecule has 1 saturated heterocycles. The van der Waals surface area contributed by atoms with E-state index in [1.165, 1.54) is 17.3 Å². The minimum atomic E-state index is -0.769. The molecule has 6 nitrogen and oxygen atoms in total. The number of pyridine rings is 2. The minimum Gasteiger partial charge on any atom is -0.507 e. The maximum atomic E-state index is 12.8. The Morgan fingerprint density at radius 1 is 0.889 bits per heavy atom. The predicted molar refractivity (Wildman–Crippen MR) is 99.7 cm³/mol. The molecule has 1 fully saturated rings. The average molecular weight is 357 g/mol. The summed E-state index contributed by atoms with van der Waals surface area (Å²) in [4.78, 5) is 35.1. The summed E-state index contributed by atoms with van der Waals surface area (Å²) in [6.45, 7) is 0. The van der Waals surface area contributed by atoms with Crippen molar-refractivity contribution >= 4 is 23.1 Å². The Hall–Kier alpha value is -3.80. The zero-order valence-corrected chi connectivity index (χ0v) is 14.2. The smallest absolute Gasteiger partial charge is 0.300 e. The first kappa shape index (κ1) is 16.7. The summed E-state index contributed by atoms with van der Waals surface area (Å²) >= 11 is 0. The quantitative estimate of drug-likeness (QED) is 0.442. The Morgan fingerprint density at radius 3 is 2.30 bits per heavy atom. The van der Waals surface area contributed by atoms with Crippen LogP contribution in [0.2, 0.25) is 0 Å². The Kier molecular flexibility index (Phi) is 4.22. The summed E-state index contributed by atoms with van der Waals surface area (Å²) in [5.41, 5.74) is 1.66. The number of aliphatic hydroxyl groups excluding tert-OH is 1. The van der Waals surface area contributed by atoms with Crippen molar-refractivity contribution < 1.29 is 14.7 Å². The van der Waals surface area contributed by atoms with Crippen LogP contribution in [0.5, 0.6) is 0 Å². The van der Waals surface area contributed by atoms with E-state index >= 15 is 0 Å². The van der Waals surface area contributed by atoms with Crippen molar-refractivity contribution in [2.45, 2.75) is 6.04 Å². The molecule has 3 heterocycles. The highest BCUT2D eigenvalue weighted by Gasteiger charge is 2.46. The first-order chi connectivity index (χ1) is 13.2. The highest BCUT2D eigenvalue weighted by atomic mass is 16.3. The second-order valence-electron chi connectivity index (χ2n) is 6.03. The highest BCUT2D eigenvalue weighted by Crippen LogP contribution is 2.41. The van der Waals surface area contributed by atoms with E-state index in [1.54, 1.807) is 60.9 Å². The molecule has 132 valence electrons. The normalized spacial score (nSPS) is 18.7. The molecule has 6 heteroatoms. The summed E-state index contributed by atoms with van der Waals surface area (Å²) < 4.78 is 0. The van der Waals surface area contributed by atoms with Crippen molar-refractivity contribution in [3.8, 4) is 0 Å². The zero-order chi connectivity index (χ0) is 18.8. The van der Waals surface area contributed by atoms with E-state index in [4.69, 9.17) is 0 Å². The van der Waals surface area contributed by atoms with Crippen molar-refractivity contribution in [3.63, 3.8) is 0 Å². The van der Waals surface area contributed by atoms with Gasteiger partial charge in [-0.2, -0.15) is 0 Å². The first-order valence-electron chi connectivity index (χ1n) is 8.35. The zero-order valence-electron chi connectivity index (χ0n) is 14.2. The molecule has 27 heavy (non-hydrogen) atoms. The fourth-order valence-corrected chi connectivity index (χ4v) is 3.21. The van der Waals surface area contributed by atoms with Crippen molar-refractivity contribution in [3.05, 3.63) is 96.1 Å². The van der Waals surface area contributed by atoms with Gasteiger partial charge in [0.05, 0.1) is 11.6 Å². The predicted octanol–water partition coefficient (Wildman–Crippen LogP) is 3.10. The number of carbonyl (C=O) groups excluding carboxylic acids is 2. The number of para-hydroxylation sites is 1. The number of carbonyl (C=O) groups is 2. The van der Waals surface area contributed by atoms with Crippen LogP contribution in [0.15, 0.2) is 85.0 Å². The number of anilines is 1. The number of rotatable bonds is 3. The van der Waals surface area contributed by atoms with E-state index in [2.05, 4.69) is 9.97 Å². The van der Waals surface area contributed by atoms with E-state index in [-0.39, 0.29) is 11.3 Å². The van der Waals surface area contributed by atoms with Gasteiger partial charge in [0.2, 0.25) is 0 Å². The molecule has 0 bridgehead atoms. The van der Waals surface area contributed by atoms with Crippen LogP contribution < -0.4 is 4.90 Å². The number of aliphatic hydroxyl groups is 1. The van der Waals surface area contributed by atoms with Crippen LogP contribution in [0.25, 0.3) is 5.76 Å². The van der Waals surface area contributed by atoms with Crippen molar-refractivity contribution in [1.82, 2.24) is 9.97 Å². The molecule has 4 rings (SSSR count). The number of amides is 1. The summed E-state index contributed by atoms with van der Waals surface area (Å²) in [5, 5.41) is 10.8. The number of ketones is 1. The number of Topliss-reactive ketones (excluding diaryl/α,β-unsaturated/α-hetero) is 1. The fraction of sp³-hybridized carbons (Fsp3) is 0.0476. The topological polar surface area (TPSA) is 83.4 Å². The van der Waals surface area contributed by atoms with Gasteiger partial charge in [0.15, 0.2) is 0 Å². The lowest BCUT2D eigenvalue weighted by Crippen LogP contribution is -2.29. The second kappa shape index (κ2) is 6.84. The molecule has 0 aliphatic carbocycles. The third kappa shape index (κ3) is 2.87. The minimum absolute atomic E-state index is 0.0306. The fourth-order valence-electron chi connectivity index (χ4n) is 3.21. The molecule has 1 N–H and O–H groups in total. The Bertz CT molecular complexity index is 1020. The first-order valence-corrected chi connectivity index (χ1v) is 8.35. The molecule has 1 aliphatic heterocycles. The van der Waals surface area contributed by atoms with Crippen LogP contribution >= 0.6 is 0 Å². The molecule has 1 atom stereocenters. The van der Waals surface area contributed by atoms with Gasteiger partial charge in [-0.25, -0.2) is 0 Å². The molecule has 1 unspecified atom stereocenters. The third-order valence-electron chi connectivity index (χ3n) is 4.43. The summed E-state index contributed by atoms with van der Waals surface area (Å²) in [6.07, 6.45) is 6.23. The molecule has 1 amide bonds. The summed E-state index contributed by atoms with van der Waals surface area (Å²) in [7, 11) is 0. The standard InChI is InChI=1S/C21H15N3O3/c25-19(14-8-11-22-12-9-14)17-18(15-5-4-10-23-13-15)24(21(27)20(17)26)16-6-2-1-3-7-16/h1-13,18,25H/b19-17-. The molecular weight excluding hydrogens is 342 g/mol. The summed E-state index contributed by atoms with van der Waals surface area (Å²) in [5.74, 6) is -1.66. The van der Waals surface area contributed by atoms with Crippen LogP contribution in [0.3, 0.4) is 0 Å². The van der Waals surface area contributed by atoms with Crippen molar-refractivity contribution in [2.24, 2.45) is 0 Å². The molecule has 0 radical (unpaired) electrons. The maximum absolute atomic E-state index is 12.8. The average Bonchev–Trinajstić information content (AvgIpc) is 3.00. The Morgan fingerprint density at radius 2 is 1.63 bits per heavy atom. The van der Waals surface area contributed by atoms with Crippen LogP contribution in [-0.2, 0) is 9.59 Å². The van der Waals surface area contributed by atoms with Gasteiger partial charge in [0.1, 0.15) is 5.76 Å². The number of hydrogen-bond acceptors (Lipinski definition) is 5. The van der Waals surface area contributed by atoms with E-state index in [0.717, 1.165) is 0 Å². The van der Waals surface area contributed by atoms with Gasteiger partial charge in [-0.15, -0.1) is 0 Å². The van der Waals surface area contributed by atoms with Gasteiger partial charge in [-0.3, -0.25) is 24.5 Å². The number of nitrogens with zero attached hydrogens (tertiary/aromatic N) is 3. The number of aromatic nitrogens is 2. The van der Waals surface area contributed by atoms with Gasteiger partial charge in [0.25, 0.3) is 11.7 Å². The molecule has 0 saturated carbocycles.